The van der Waals surface area contributed by atoms with Crippen molar-refractivity contribution in [3.63, 3.8) is 0 Å². The van der Waals surface area contributed by atoms with Gasteiger partial charge in [-0.2, -0.15) is 0 Å². The molecule has 0 heterocycles. The summed E-state index contributed by atoms with van der Waals surface area (Å²) in [4.78, 5) is 38.3. The van der Waals surface area contributed by atoms with E-state index >= 15 is 0 Å². The summed E-state index contributed by atoms with van der Waals surface area (Å²) >= 11 is 0. The molecule has 0 aliphatic rings. The molecular formula is C72H118O6. The molecule has 0 saturated heterocycles. The standard InChI is InChI=1S/C72H118O6/c1-4-7-10-13-16-19-22-25-28-29-30-31-32-33-34-35-36-37-38-39-40-41-42-43-45-47-50-53-56-59-62-65-71(74)77-68-69(67-76-70(73)64-61-58-55-52-49-46-27-24-21-18-15-12-9-6-3)78-72(75)66-63-60-57-54-51-48-44-26-23-20-17-14-11-8-5-2/h7,10,15-16,18-19,24-28,30-31,33-34,36-37,39-40,42-44,69H,4-6,8-9,11-14,17,20-23,29,32,35,38,41,45-68H2,1-3H3/b10-7-,18-15-,19-16-,27-24-,28-25-,31-30-,34-33-,37-36-,40-39-,43-42-,44-26-. The molecule has 0 amide bonds. The third kappa shape index (κ3) is 62.4. The van der Waals surface area contributed by atoms with Crippen LogP contribution in [-0.4, -0.2) is 37.2 Å². The maximum absolute atomic E-state index is 12.9. The number of esters is 3. The summed E-state index contributed by atoms with van der Waals surface area (Å²) in [6, 6.07) is 0. The molecule has 6 heteroatoms. The van der Waals surface area contributed by atoms with Crippen LogP contribution in [0.4, 0.5) is 0 Å². The van der Waals surface area contributed by atoms with Crippen molar-refractivity contribution in [2.24, 2.45) is 0 Å². The van der Waals surface area contributed by atoms with Gasteiger partial charge in [0.05, 0.1) is 0 Å². The Bertz CT molecular complexity index is 1670. The van der Waals surface area contributed by atoms with Crippen molar-refractivity contribution in [1.29, 1.82) is 0 Å². The van der Waals surface area contributed by atoms with Crippen LogP contribution in [0.2, 0.25) is 0 Å². The minimum atomic E-state index is -0.799. The van der Waals surface area contributed by atoms with Crippen LogP contribution in [0.5, 0.6) is 0 Å². The van der Waals surface area contributed by atoms with Gasteiger partial charge in [0.15, 0.2) is 6.10 Å². The summed E-state index contributed by atoms with van der Waals surface area (Å²) in [5, 5.41) is 0. The summed E-state index contributed by atoms with van der Waals surface area (Å²) in [7, 11) is 0. The van der Waals surface area contributed by atoms with E-state index in [1.54, 1.807) is 0 Å². The van der Waals surface area contributed by atoms with Crippen LogP contribution in [0.1, 0.15) is 284 Å². The minimum absolute atomic E-state index is 0.0959. The van der Waals surface area contributed by atoms with Crippen molar-refractivity contribution in [1.82, 2.24) is 0 Å². The zero-order valence-corrected chi connectivity index (χ0v) is 50.6. The Morgan fingerprint density at radius 1 is 0.269 bits per heavy atom. The van der Waals surface area contributed by atoms with Gasteiger partial charge in [-0.15, -0.1) is 0 Å². The second-order valence-electron chi connectivity index (χ2n) is 20.9. The highest BCUT2D eigenvalue weighted by Gasteiger charge is 2.19. The maximum Gasteiger partial charge on any atom is 0.306 e. The van der Waals surface area contributed by atoms with E-state index in [4.69, 9.17) is 14.2 Å². The van der Waals surface area contributed by atoms with Crippen molar-refractivity contribution in [3.05, 3.63) is 134 Å². The molecule has 0 spiro atoms. The van der Waals surface area contributed by atoms with Crippen LogP contribution >= 0.6 is 0 Å². The summed E-state index contributed by atoms with van der Waals surface area (Å²) in [5.41, 5.74) is 0. The monoisotopic (exact) mass is 1080 g/mol. The number of allylic oxidation sites excluding steroid dienone is 22. The molecule has 1 unspecified atom stereocenters. The quantitative estimate of drug-likeness (QED) is 0.0261. The van der Waals surface area contributed by atoms with Gasteiger partial charge in [0.1, 0.15) is 13.2 Å². The Hall–Kier alpha value is -4.45. The van der Waals surface area contributed by atoms with Gasteiger partial charge in [-0.05, 0) is 135 Å². The summed E-state index contributed by atoms with van der Waals surface area (Å²) in [6.07, 6.45) is 91.7. The molecule has 0 bridgehead atoms. The highest BCUT2D eigenvalue weighted by Crippen LogP contribution is 2.14. The molecule has 0 fully saturated rings. The Labute approximate surface area is 481 Å². The molecule has 0 aromatic rings. The fourth-order valence-corrected chi connectivity index (χ4v) is 8.53. The van der Waals surface area contributed by atoms with E-state index in [0.717, 1.165) is 161 Å². The lowest BCUT2D eigenvalue weighted by molar-refractivity contribution is -0.167. The van der Waals surface area contributed by atoms with Crippen LogP contribution in [0.15, 0.2) is 134 Å². The molecule has 0 rings (SSSR count). The van der Waals surface area contributed by atoms with E-state index in [1.165, 1.54) is 83.5 Å². The minimum Gasteiger partial charge on any atom is -0.462 e. The Morgan fingerprint density at radius 2 is 0.513 bits per heavy atom. The van der Waals surface area contributed by atoms with Crippen molar-refractivity contribution < 1.29 is 28.6 Å². The predicted molar refractivity (Wildman–Crippen MR) is 339 cm³/mol. The second-order valence-corrected chi connectivity index (χ2v) is 20.9. The van der Waals surface area contributed by atoms with Gasteiger partial charge in [-0.1, -0.05) is 264 Å². The SMILES string of the molecule is CC/C=C\C/C=C\C/C=C\C/C=C\C/C=C\C/C=C\C/C=C\C/C=C\CCCCCCCCC(=O)OCC(COC(=O)CCCCCCC/C=C\C/C=C\CCCC)OC(=O)CCCCCCC/C=C\CCCCCCCC. The van der Waals surface area contributed by atoms with Crippen molar-refractivity contribution in [3.8, 4) is 0 Å². The molecule has 0 aliphatic carbocycles. The normalized spacial score (nSPS) is 13.0. The highest BCUT2D eigenvalue weighted by molar-refractivity contribution is 5.71. The van der Waals surface area contributed by atoms with Crippen LogP contribution in [-0.2, 0) is 28.6 Å². The van der Waals surface area contributed by atoms with E-state index in [2.05, 4.69) is 154 Å². The zero-order chi connectivity index (χ0) is 56.4. The average Bonchev–Trinajstić information content (AvgIpc) is 3.44. The largest absolute Gasteiger partial charge is 0.462 e. The fraction of sp³-hybridized carbons (Fsp3) is 0.653. The van der Waals surface area contributed by atoms with Crippen molar-refractivity contribution in [2.45, 2.75) is 290 Å². The summed E-state index contributed by atoms with van der Waals surface area (Å²) < 4.78 is 16.9. The Kier molecular flexibility index (Phi) is 61.4. The number of unbranched alkanes of at least 4 members (excludes halogenated alkanes) is 24. The Balaban J connectivity index is 4.35. The topological polar surface area (TPSA) is 78.9 Å². The highest BCUT2D eigenvalue weighted by atomic mass is 16.6. The van der Waals surface area contributed by atoms with Crippen molar-refractivity contribution in [2.75, 3.05) is 13.2 Å². The zero-order valence-electron chi connectivity index (χ0n) is 50.6. The number of rotatable bonds is 57. The predicted octanol–water partition coefficient (Wildman–Crippen LogP) is 22.2. The molecule has 0 aromatic heterocycles. The maximum atomic E-state index is 12.9. The molecule has 78 heavy (non-hydrogen) atoms. The third-order valence-electron chi connectivity index (χ3n) is 13.4. The second kappa shape index (κ2) is 65.1. The molecule has 0 aliphatic heterocycles. The number of hydrogen-bond donors (Lipinski definition) is 0. The molecule has 442 valence electrons. The van der Waals surface area contributed by atoms with Gasteiger partial charge in [0.2, 0.25) is 0 Å². The van der Waals surface area contributed by atoms with E-state index < -0.39 is 6.10 Å². The smallest absolute Gasteiger partial charge is 0.306 e. The first kappa shape index (κ1) is 73.5. The van der Waals surface area contributed by atoms with Gasteiger partial charge in [0, 0.05) is 19.3 Å². The van der Waals surface area contributed by atoms with Gasteiger partial charge >= 0.3 is 17.9 Å². The van der Waals surface area contributed by atoms with Gasteiger partial charge in [-0.3, -0.25) is 14.4 Å². The third-order valence-corrected chi connectivity index (χ3v) is 13.4. The number of carbonyl (C=O) groups is 3. The number of ether oxygens (including phenoxy) is 3. The van der Waals surface area contributed by atoms with Crippen LogP contribution < -0.4 is 0 Å². The molecular weight excluding hydrogens is 961 g/mol. The van der Waals surface area contributed by atoms with E-state index in [1.807, 2.05) is 0 Å². The first-order chi connectivity index (χ1) is 38.5. The number of hydrogen-bond acceptors (Lipinski definition) is 6. The van der Waals surface area contributed by atoms with Crippen LogP contribution in [0.3, 0.4) is 0 Å². The average molecular weight is 1080 g/mol. The van der Waals surface area contributed by atoms with Gasteiger partial charge < -0.3 is 14.2 Å². The van der Waals surface area contributed by atoms with Gasteiger partial charge in [-0.25, -0.2) is 0 Å². The van der Waals surface area contributed by atoms with Crippen molar-refractivity contribution >= 4 is 17.9 Å². The fourth-order valence-electron chi connectivity index (χ4n) is 8.53. The molecule has 6 nitrogen and oxygen atoms in total. The first-order valence-corrected chi connectivity index (χ1v) is 32.2. The van der Waals surface area contributed by atoms with E-state index in [9.17, 15) is 14.4 Å². The number of carbonyl (C=O) groups excluding carboxylic acids is 3. The lowest BCUT2D eigenvalue weighted by Crippen LogP contribution is -2.30. The summed E-state index contributed by atoms with van der Waals surface area (Å²) in [5.74, 6) is -0.930. The summed E-state index contributed by atoms with van der Waals surface area (Å²) in [6.45, 7) is 6.45. The molecule has 0 N–H and O–H groups in total. The van der Waals surface area contributed by atoms with Crippen LogP contribution in [0.25, 0.3) is 0 Å². The molecule has 0 aromatic carbocycles. The molecule has 1 atom stereocenters. The lowest BCUT2D eigenvalue weighted by atomic mass is 10.1. The molecule has 0 radical (unpaired) electrons. The van der Waals surface area contributed by atoms with Gasteiger partial charge in [0.25, 0.3) is 0 Å². The molecule has 0 saturated carbocycles. The first-order valence-electron chi connectivity index (χ1n) is 32.2. The Morgan fingerprint density at radius 3 is 0.833 bits per heavy atom. The van der Waals surface area contributed by atoms with E-state index in [0.29, 0.717) is 19.3 Å². The van der Waals surface area contributed by atoms with Crippen LogP contribution in [0, 0.1) is 0 Å². The van der Waals surface area contributed by atoms with E-state index in [-0.39, 0.29) is 31.1 Å². The lowest BCUT2D eigenvalue weighted by Gasteiger charge is -2.18.